The van der Waals surface area contributed by atoms with Crippen LogP contribution < -0.4 is 5.32 Å². The molecule has 0 unspecified atom stereocenters. The van der Waals surface area contributed by atoms with E-state index < -0.39 is 29.6 Å². The van der Waals surface area contributed by atoms with Crippen molar-refractivity contribution in [1.29, 1.82) is 0 Å². The summed E-state index contributed by atoms with van der Waals surface area (Å²) in [5.74, 6) is -1.89. The number of hydrogen-bond donors (Lipinski definition) is 1. The van der Waals surface area contributed by atoms with Gasteiger partial charge in [0.25, 0.3) is 0 Å². The molecule has 25 heavy (non-hydrogen) atoms. The third-order valence-corrected chi connectivity index (χ3v) is 3.23. The summed E-state index contributed by atoms with van der Waals surface area (Å²) < 4.78 is 15.0. The zero-order valence-electron chi connectivity index (χ0n) is 16.2. The van der Waals surface area contributed by atoms with Gasteiger partial charge in [0.05, 0.1) is 13.2 Å². The first-order valence-electron chi connectivity index (χ1n) is 9.01. The molecule has 7 nitrogen and oxygen atoms in total. The molecule has 0 atom stereocenters. The van der Waals surface area contributed by atoms with Crippen molar-refractivity contribution in [1.82, 2.24) is 5.32 Å². The molecule has 0 aliphatic heterocycles. The molecule has 1 N–H and O–H groups in total. The molecule has 0 aliphatic carbocycles. The molecule has 1 amide bonds. The van der Waals surface area contributed by atoms with E-state index in [1.165, 1.54) is 0 Å². The largest absolute Gasteiger partial charge is 0.465 e. The molecule has 0 heterocycles. The van der Waals surface area contributed by atoms with Gasteiger partial charge in [0.1, 0.15) is 5.60 Å². The maximum absolute atomic E-state index is 11.8. The van der Waals surface area contributed by atoms with E-state index in [4.69, 9.17) is 14.2 Å². The lowest BCUT2D eigenvalue weighted by molar-refractivity contribution is -0.162. The fraction of sp³-hybridized carbons (Fsp3) is 0.833. The number of carbonyl (C=O) groups is 3. The number of ether oxygens (including phenoxy) is 3. The lowest BCUT2D eigenvalue weighted by Crippen LogP contribution is -2.33. The van der Waals surface area contributed by atoms with Crippen LogP contribution in [0.25, 0.3) is 0 Å². The molecule has 0 rings (SSSR count). The van der Waals surface area contributed by atoms with Gasteiger partial charge in [-0.1, -0.05) is 19.3 Å². The number of unbranched alkanes of at least 4 members (excludes halogenated alkanes) is 3. The number of alkyl carbamates (subject to hydrolysis) is 1. The highest BCUT2D eigenvalue weighted by Gasteiger charge is 2.28. The minimum absolute atomic E-state index is 0.241. The Hall–Kier alpha value is -1.79. The van der Waals surface area contributed by atoms with Crippen LogP contribution in [0.5, 0.6) is 0 Å². The molecule has 0 fully saturated rings. The van der Waals surface area contributed by atoms with Crippen LogP contribution >= 0.6 is 0 Å². The predicted octanol–water partition coefficient (Wildman–Crippen LogP) is 3.20. The van der Waals surface area contributed by atoms with Gasteiger partial charge < -0.3 is 19.5 Å². The van der Waals surface area contributed by atoms with E-state index in [2.05, 4.69) is 5.32 Å². The summed E-state index contributed by atoms with van der Waals surface area (Å²) >= 11 is 0. The summed E-state index contributed by atoms with van der Waals surface area (Å²) in [4.78, 5) is 35.1. The van der Waals surface area contributed by atoms with Crippen molar-refractivity contribution >= 4 is 18.0 Å². The van der Waals surface area contributed by atoms with Crippen LogP contribution in [-0.4, -0.2) is 43.4 Å². The Morgan fingerprint density at radius 2 is 1.40 bits per heavy atom. The molecule has 0 aromatic heterocycles. The van der Waals surface area contributed by atoms with E-state index in [0.29, 0.717) is 19.4 Å². The summed E-state index contributed by atoms with van der Waals surface area (Å²) in [6.07, 6.45) is 3.26. The first-order valence-corrected chi connectivity index (χ1v) is 9.01. The Kier molecular flexibility index (Phi) is 11.7. The average Bonchev–Trinajstić information content (AvgIpc) is 2.48. The van der Waals surface area contributed by atoms with E-state index in [0.717, 1.165) is 19.3 Å². The second-order valence-electron chi connectivity index (χ2n) is 6.69. The lowest BCUT2D eigenvalue weighted by atomic mass is 10.0. The highest BCUT2D eigenvalue weighted by atomic mass is 16.6. The standard InChI is InChI=1S/C18H33NO6/c1-6-23-15(20)14(16(21)24-7-2)12-10-8-9-11-13-19-17(22)25-18(3,4)5/h14H,6-13H2,1-5H3,(H,19,22). The van der Waals surface area contributed by atoms with E-state index in [1.807, 2.05) is 20.8 Å². The molecule has 0 saturated carbocycles. The number of nitrogens with one attached hydrogen (secondary N) is 1. The van der Waals surface area contributed by atoms with Gasteiger partial charge in [0, 0.05) is 6.54 Å². The van der Waals surface area contributed by atoms with E-state index in [1.54, 1.807) is 13.8 Å². The highest BCUT2D eigenvalue weighted by molar-refractivity contribution is 5.94. The summed E-state index contributed by atoms with van der Waals surface area (Å²) in [7, 11) is 0. The van der Waals surface area contributed by atoms with E-state index in [-0.39, 0.29) is 13.2 Å². The van der Waals surface area contributed by atoms with Gasteiger partial charge in [-0.25, -0.2) is 4.79 Å². The molecule has 0 saturated heterocycles. The van der Waals surface area contributed by atoms with Crippen LogP contribution in [0.4, 0.5) is 4.79 Å². The second kappa shape index (κ2) is 12.6. The zero-order chi connectivity index (χ0) is 19.3. The summed E-state index contributed by atoms with van der Waals surface area (Å²) in [6, 6.07) is 0. The molecule has 0 bridgehead atoms. The minimum Gasteiger partial charge on any atom is -0.465 e. The van der Waals surface area contributed by atoms with E-state index >= 15 is 0 Å². The van der Waals surface area contributed by atoms with Crippen molar-refractivity contribution < 1.29 is 28.6 Å². The maximum Gasteiger partial charge on any atom is 0.407 e. The van der Waals surface area contributed by atoms with Gasteiger partial charge in [0.15, 0.2) is 5.92 Å². The first-order chi connectivity index (χ1) is 11.7. The minimum atomic E-state index is -0.847. The Morgan fingerprint density at radius 3 is 1.88 bits per heavy atom. The first kappa shape index (κ1) is 23.2. The molecule has 146 valence electrons. The van der Waals surface area contributed by atoms with Gasteiger partial charge in [-0.15, -0.1) is 0 Å². The third-order valence-electron chi connectivity index (χ3n) is 3.23. The van der Waals surface area contributed by atoms with Crippen molar-refractivity contribution in [2.45, 2.75) is 72.3 Å². The maximum atomic E-state index is 11.8. The number of esters is 2. The Bertz CT molecular complexity index is 398. The number of amides is 1. The van der Waals surface area contributed by atoms with Crippen LogP contribution in [0.1, 0.15) is 66.7 Å². The van der Waals surface area contributed by atoms with Gasteiger partial charge in [0.2, 0.25) is 0 Å². The molecular weight excluding hydrogens is 326 g/mol. The quantitative estimate of drug-likeness (QED) is 0.264. The van der Waals surface area contributed by atoms with Gasteiger partial charge in [-0.05, 0) is 47.5 Å². The van der Waals surface area contributed by atoms with Crippen LogP contribution in [0.3, 0.4) is 0 Å². The Balaban J connectivity index is 3.96. The van der Waals surface area contributed by atoms with Gasteiger partial charge in [-0.2, -0.15) is 0 Å². The van der Waals surface area contributed by atoms with Crippen LogP contribution in [-0.2, 0) is 23.8 Å². The van der Waals surface area contributed by atoms with Gasteiger partial charge in [-0.3, -0.25) is 9.59 Å². The van der Waals surface area contributed by atoms with Crippen molar-refractivity contribution in [2.24, 2.45) is 5.92 Å². The SMILES string of the molecule is CCOC(=O)C(CCCCCCNC(=O)OC(C)(C)C)C(=O)OCC. The molecule has 0 radical (unpaired) electrons. The Morgan fingerprint density at radius 1 is 0.880 bits per heavy atom. The number of hydrogen-bond acceptors (Lipinski definition) is 6. The normalized spacial score (nSPS) is 11.1. The second-order valence-corrected chi connectivity index (χ2v) is 6.69. The Labute approximate surface area is 150 Å². The van der Waals surface area contributed by atoms with E-state index in [9.17, 15) is 14.4 Å². The van der Waals surface area contributed by atoms with Gasteiger partial charge >= 0.3 is 18.0 Å². The molecule has 0 aromatic rings. The molecule has 0 aromatic carbocycles. The smallest absolute Gasteiger partial charge is 0.407 e. The third kappa shape index (κ3) is 12.3. The molecule has 0 spiro atoms. The molecule has 7 heteroatoms. The monoisotopic (exact) mass is 359 g/mol. The number of rotatable bonds is 11. The van der Waals surface area contributed by atoms with Crippen molar-refractivity contribution in [3.05, 3.63) is 0 Å². The topological polar surface area (TPSA) is 90.9 Å². The van der Waals surface area contributed by atoms with Crippen LogP contribution in [0.15, 0.2) is 0 Å². The van der Waals surface area contributed by atoms with Crippen molar-refractivity contribution in [2.75, 3.05) is 19.8 Å². The van der Waals surface area contributed by atoms with Crippen molar-refractivity contribution in [3.8, 4) is 0 Å². The average molecular weight is 359 g/mol. The van der Waals surface area contributed by atoms with Crippen LogP contribution in [0, 0.1) is 5.92 Å². The summed E-state index contributed by atoms with van der Waals surface area (Å²) in [5.41, 5.74) is -0.501. The van der Waals surface area contributed by atoms with Crippen molar-refractivity contribution in [3.63, 3.8) is 0 Å². The molecular formula is C18H33NO6. The predicted molar refractivity (Wildman–Crippen MR) is 94.1 cm³/mol. The lowest BCUT2D eigenvalue weighted by Gasteiger charge is -2.19. The summed E-state index contributed by atoms with van der Waals surface area (Å²) in [6.45, 7) is 9.88. The number of carbonyl (C=O) groups excluding carboxylic acids is 3. The fourth-order valence-corrected chi connectivity index (χ4v) is 2.15. The zero-order valence-corrected chi connectivity index (χ0v) is 16.2. The fourth-order valence-electron chi connectivity index (χ4n) is 2.15. The molecule has 0 aliphatic rings. The summed E-state index contributed by atoms with van der Waals surface area (Å²) in [5, 5.41) is 2.70. The highest BCUT2D eigenvalue weighted by Crippen LogP contribution is 2.15. The van der Waals surface area contributed by atoms with Crippen LogP contribution in [0.2, 0.25) is 0 Å².